The second-order valence-corrected chi connectivity index (χ2v) is 10.2. The lowest BCUT2D eigenvalue weighted by molar-refractivity contribution is -0.120. The van der Waals surface area contributed by atoms with Crippen LogP contribution in [0.4, 0.5) is 4.79 Å². The van der Waals surface area contributed by atoms with E-state index in [-0.39, 0.29) is 28.7 Å². The maximum Gasteiger partial charge on any atom is 0.405 e. The molecule has 1 aliphatic heterocycles. The molecule has 10 nitrogen and oxygen atoms in total. The minimum atomic E-state index is -1.29. The Labute approximate surface area is 229 Å². The molecule has 0 saturated carbocycles. The molecule has 214 valence electrons. The number of hydrogen-bond acceptors (Lipinski definition) is 8. The van der Waals surface area contributed by atoms with Gasteiger partial charge in [0.15, 0.2) is 5.78 Å². The topological polar surface area (TPSA) is 154 Å². The standard InChI is InChI=1S/C29H40N2O8/c1-15-9-8-10-16(2)28(35)31-22-14-20(32)13-21(25(22)34)24(33)17(3)12-23(37-6)27(38-7)19(5)11-18(4)26(15)39-29(30)36/h8-11,13-15,17,19,23-24,26-27,33H,12H2,1-7H3,(H2,30,36)(H,31,35)/b9-8-,16-10+,18-11+/t15-,17-,19-,23-,24+,26+,27?/m0/s1. The van der Waals surface area contributed by atoms with Crippen molar-refractivity contribution in [1.82, 2.24) is 5.32 Å². The lowest BCUT2D eigenvalue weighted by Crippen LogP contribution is -2.40. The molecule has 4 N–H and O–H groups in total. The number of aliphatic hydroxyl groups is 1. The van der Waals surface area contributed by atoms with E-state index in [1.54, 1.807) is 33.1 Å². The van der Waals surface area contributed by atoms with Crippen molar-refractivity contribution in [3.8, 4) is 0 Å². The Kier molecular flexibility index (Phi) is 11.6. The monoisotopic (exact) mass is 544 g/mol. The Bertz CT molecular complexity index is 1120. The molecule has 10 heteroatoms. The van der Waals surface area contributed by atoms with Crippen LogP contribution in [0.1, 0.15) is 41.0 Å². The van der Waals surface area contributed by atoms with E-state index in [2.05, 4.69) is 5.32 Å². The van der Waals surface area contributed by atoms with E-state index >= 15 is 0 Å². The van der Waals surface area contributed by atoms with E-state index in [1.165, 1.54) is 13.2 Å². The second kappa shape index (κ2) is 14.2. The third kappa shape index (κ3) is 8.32. The van der Waals surface area contributed by atoms with Gasteiger partial charge in [0.1, 0.15) is 6.10 Å². The van der Waals surface area contributed by atoms with Crippen molar-refractivity contribution < 1.29 is 38.5 Å². The second-order valence-electron chi connectivity index (χ2n) is 10.2. The molecule has 1 unspecified atom stereocenters. The Hall–Kier alpha value is -3.34. The maximum atomic E-state index is 13.1. The van der Waals surface area contributed by atoms with E-state index in [4.69, 9.17) is 19.9 Å². The summed E-state index contributed by atoms with van der Waals surface area (Å²) >= 11 is 0. The summed E-state index contributed by atoms with van der Waals surface area (Å²) in [6, 6.07) is 0. The summed E-state index contributed by atoms with van der Waals surface area (Å²) in [5.74, 6) is -2.76. The molecule has 1 heterocycles. The fourth-order valence-electron chi connectivity index (χ4n) is 4.92. The number of allylic oxidation sites excluding steroid dienone is 5. The number of methoxy groups -OCH3 is 2. The molecule has 1 aliphatic carbocycles. The largest absolute Gasteiger partial charge is 0.441 e. The highest BCUT2D eigenvalue weighted by Gasteiger charge is 2.35. The van der Waals surface area contributed by atoms with Crippen LogP contribution in [-0.4, -0.2) is 67.3 Å². The third-order valence-electron chi connectivity index (χ3n) is 7.07. The highest BCUT2D eigenvalue weighted by Crippen LogP contribution is 2.29. The number of hydrogen-bond donors (Lipinski definition) is 3. The quantitative estimate of drug-likeness (QED) is 0.362. The average molecular weight is 545 g/mol. The van der Waals surface area contributed by atoms with E-state index in [0.29, 0.717) is 6.42 Å². The first-order valence-corrected chi connectivity index (χ1v) is 12.9. The summed E-state index contributed by atoms with van der Waals surface area (Å²) in [7, 11) is 3.08. The van der Waals surface area contributed by atoms with Gasteiger partial charge < -0.3 is 30.4 Å². The lowest BCUT2D eigenvalue weighted by atomic mass is 9.84. The molecule has 2 aliphatic rings. The summed E-state index contributed by atoms with van der Waals surface area (Å²) in [6.45, 7) is 8.90. The summed E-state index contributed by atoms with van der Waals surface area (Å²) in [6.07, 6.45) is 5.45. The molecule has 0 spiro atoms. The predicted octanol–water partition coefficient (Wildman–Crippen LogP) is 2.68. The van der Waals surface area contributed by atoms with Gasteiger partial charge in [0.05, 0.1) is 24.0 Å². The number of rotatable bonds is 3. The number of nitrogens with two attached hydrogens (primary N) is 1. The fraction of sp³-hybridized carbons (Fsp3) is 0.517. The lowest BCUT2D eigenvalue weighted by Gasteiger charge is -2.33. The molecule has 7 atom stereocenters. The Morgan fingerprint density at radius 1 is 1.05 bits per heavy atom. The van der Waals surface area contributed by atoms with E-state index in [9.17, 15) is 24.3 Å². The van der Waals surface area contributed by atoms with Crippen LogP contribution < -0.4 is 11.1 Å². The number of carbonyl (C=O) groups excluding carboxylic acids is 4. The Balaban J connectivity index is 2.59. The summed E-state index contributed by atoms with van der Waals surface area (Å²) in [5, 5.41) is 13.6. The smallest absolute Gasteiger partial charge is 0.405 e. The minimum Gasteiger partial charge on any atom is -0.441 e. The van der Waals surface area contributed by atoms with Crippen molar-refractivity contribution in [2.75, 3.05) is 14.2 Å². The first kappa shape index (κ1) is 31.9. The van der Waals surface area contributed by atoms with E-state index < -0.39 is 53.9 Å². The summed E-state index contributed by atoms with van der Waals surface area (Å²) in [5.41, 5.74) is 6.05. The van der Waals surface area contributed by atoms with Crippen LogP contribution in [0, 0.1) is 17.8 Å². The maximum absolute atomic E-state index is 13.1. The van der Waals surface area contributed by atoms with Crippen molar-refractivity contribution in [3.05, 3.63) is 58.9 Å². The van der Waals surface area contributed by atoms with Crippen LogP contribution >= 0.6 is 0 Å². The van der Waals surface area contributed by atoms with Crippen LogP contribution in [0.15, 0.2) is 58.9 Å². The number of fused-ring (bicyclic) bond motifs is 2. The summed E-state index contributed by atoms with van der Waals surface area (Å²) < 4.78 is 16.9. The molecule has 0 fully saturated rings. The highest BCUT2D eigenvalue weighted by molar-refractivity contribution is 6.22. The van der Waals surface area contributed by atoms with Gasteiger partial charge in [-0.25, -0.2) is 4.79 Å². The number of carbonyl (C=O) groups is 4. The molecule has 2 bridgehead atoms. The SMILES string of the molecule is COC1[C@@H](OC)C[C@H](C)[C@@H](O)C2=CC(=O)C=C(NC(=O)/C(C)=C/C=C\[C@H](C)[C@@H](OC(N)=O)/C(C)=C/[C@@H]1C)C2=O. The molecular weight excluding hydrogens is 504 g/mol. The van der Waals surface area contributed by atoms with Gasteiger partial charge in [0.25, 0.3) is 5.91 Å². The number of primary amides is 1. The molecule has 0 saturated heterocycles. The zero-order valence-corrected chi connectivity index (χ0v) is 23.6. The first-order chi connectivity index (χ1) is 18.3. The van der Waals surface area contributed by atoms with Gasteiger partial charge in [0, 0.05) is 43.3 Å². The van der Waals surface area contributed by atoms with Crippen molar-refractivity contribution in [3.63, 3.8) is 0 Å². The minimum absolute atomic E-state index is 0.0994. The van der Waals surface area contributed by atoms with Crippen LogP contribution in [0.5, 0.6) is 0 Å². The van der Waals surface area contributed by atoms with E-state index in [0.717, 1.165) is 17.7 Å². The normalized spacial score (nSPS) is 35.0. The molecule has 39 heavy (non-hydrogen) atoms. The molecule has 0 radical (unpaired) electrons. The first-order valence-electron chi connectivity index (χ1n) is 12.9. The molecule has 2 rings (SSSR count). The van der Waals surface area contributed by atoms with Gasteiger partial charge in [-0.15, -0.1) is 0 Å². The van der Waals surface area contributed by atoms with Crippen LogP contribution in [0.2, 0.25) is 0 Å². The van der Waals surface area contributed by atoms with Gasteiger partial charge in [-0.05, 0) is 37.8 Å². The molecule has 2 amide bonds. The van der Waals surface area contributed by atoms with Crippen molar-refractivity contribution in [2.24, 2.45) is 23.5 Å². The number of ketones is 2. The third-order valence-corrected chi connectivity index (χ3v) is 7.07. The van der Waals surface area contributed by atoms with E-state index in [1.807, 2.05) is 26.8 Å². The number of aliphatic hydroxyl groups excluding tert-OH is 1. The molecule has 0 aromatic carbocycles. The number of nitrogens with one attached hydrogen (secondary N) is 1. The van der Waals surface area contributed by atoms with Gasteiger partial charge >= 0.3 is 6.09 Å². The molecular formula is C29H40N2O8. The van der Waals surface area contributed by atoms with Gasteiger partial charge in [0.2, 0.25) is 5.78 Å². The average Bonchev–Trinajstić information content (AvgIpc) is 2.87. The van der Waals surface area contributed by atoms with Gasteiger partial charge in [-0.1, -0.05) is 45.1 Å². The Morgan fingerprint density at radius 3 is 2.31 bits per heavy atom. The molecule has 0 aromatic heterocycles. The number of ether oxygens (including phenoxy) is 3. The van der Waals surface area contributed by atoms with Gasteiger partial charge in [-0.3, -0.25) is 14.4 Å². The molecule has 0 aromatic rings. The number of Topliss-reactive ketones (excluding diaryl/α,β-unsaturated/α-hetero) is 1. The zero-order chi connectivity index (χ0) is 29.4. The van der Waals surface area contributed by atoms with Gasteiger partial charge in [-0.2, -0.15) is 0 Å². The number of amides is 2. The predicted molar refractivity (Wildman–Crippen MR) is 145 cm³/mol. The van der Waals surface area contributed by atoms with Crippen molar-refractivity contribution in [1.29, 1.82) is 0 Å². The summed E-state index contributed by atoms with van der Waals surface area (Å²) in [4.78, 5) is 49.9. The highest BCUT2D eigenvalue weighted by atomic mass is 16.6. The Morgan fingerprint density at radius 2 is 1.72 bits per heavy atom. The van der Waals surface area contributed by atoms with Crippen LogP contribution in [0.3, 0.4) is 0 Å². The fourth-order valence-corrected chi connectivity index (χ4v) is 4.92. The van der Waals surface area contributed by atoms with Crippen molar-refractivity contribution >= 4 is 23.6 Å². The van der Waals surface area contributed by atoms with Crippen LogP contribution in [0.25, 0.3) is 0 Å². The van der Waals surface area contributed by atoms with Crippen molar-refractivity contribution in [2.45, 2.75) is 65.5 Å². The zero-order valence-electron chi connectivity index (χ0n) is 23.6. The van der Waals surface area contributed by atoms with Crippen LogP contribution in [-0.2, 0) is 28.6 Å².